The second kappa shape index (κ2) is 3.75. The van der Waals surface area contributed by atoms with Gasteiger partial charge in [-0.15, -0.1) is 0 Å². The molecule has 0 N–H and O–H groups in total. The highest BCUT2D eigenvalue weighted by molar-refractivity contribution is 5.77. The van der Waals surface area contributed by atoms with E-state index in [1.54, 1.807) is 0 Å². The average molecular weight is 183 g/mol. The molecule has 0 fully saturated rings. The van der Waals surface area contributed by atoms with Gasteiger partial charge in [0.1, 0.15) is 5.82 Å². The van der Waals surface area contributed by atoms with Crippen LogP contribution in [-0.4, -0.2) is 11.2 Å². The van der Waals surface area contributed by atoms with Gasteiger partial charge < -0.3 is 0 Å². The minimum Gasteiger partial charge on any atom is -0.298 e. The molecule has 5 heteroatoms. The Bertz CT molecular complexity index is 351. The topological polar surface area (TPSA) is 60.2 Å². The predicted octanol–water partition coefficient (Wildman–Crippen LogP) is 1.41. The molecular weight excluding hydrogens is 177 g/mol. The smallest absolute Gasteiger partial charge is 0.229 e. The second-order valence-electron chi connectivity index (χ2n) is 2.45. The third kappa shape index (κ3) is 2.33. The van der Waals surface area contributed by atoms with Crippen molar-refractivity contribution in [3.05, 3.63) is 45.3 Å². The summed E-state index contributed by atoms with van der Waals surface area (Å²) in [6, 6.07) is 3.31. The Morgan fingerprint density at radius 1 is 1.54 bits per heavy atom. The summed E-state index contributed by atoms with van der Waals surface area (Å²) in [5, 5.41) is 10.1. The molecule has 0 aliphatic rings. The largest absolute Gasteiger partial charge is 0.298 e. The SMILES string of the molecule is O=Cc1cc(F)ccc1C[N+](=O)[O-]. The number of halogens is 1. The lowest BCUT2D eigenvalue weighted by atomic mass is 10.1. The summed E-state index contributed by atoms with van der Waals surface area (Å²) < 4.78 is 12.5. The summed E-state index contributed by atoms with van der Waals surface area (Å²) in [5.74, 6) is -0.575. The number of hydrogen-bond donors (Lipinski definition) is 0. The van der Waals surface area contributed by atoms with E-state index in [9.17, 15) is 19.3 Å². The molecule has 0 saturated carbocycles. The van der Waals surface area contributed by atoms with Crippen molar-refractivity contribution in [3.8, 4) is 0 Å². The number of benzene rings is 1. The number of carbonyl (C=O) groups is 1. The third-order valence-electron chi connectivity index (χ3n) is 1.53. The van der Waals surface area contributed by atoms with E-state index in [1.807, 2.05) is 0 Å². The lowest BCUT2D eigenvalue weighted by Crippen LogP contribution is -2.02. The van der Waals surface area contributed by atoms with Crippen molar-refractivity contribution in [1.29, 1.82) is 0 Å². The predicted molar refractivity (Wildman–Crippen MR) is 42.5 cm³/mol. The molecule has 68 valence electrons. The van der Waals surface area contributed by atoms with Crippen LogP contribution in [0.25, 0.3) is 0 Å². The van der Waals surface area contributed by atoms with Gasteiger partial charge in [0.2, 0.25) is 6.54 Å². The lowest BCUT2D eigenvalue weighted by Gasteiger charge is -1.98. The van der Waals surface area contributed by atoms with Crippen LogP contribution in [0.3, 0.4) is 0 Å². The van der Waals surface area contributed by atoms with Gasteiger partial charge in [0, 0.05) is 16.1 Å². The van der Waals surface area contributed by atoms with Crippen LogP contribution in [0.4, 0.5) is 4.39 Å². The fourth-order valence-corrected chi connectivity index (χ4v) is 0.959. The summed E-state index contributed by atoms with van der Waals surface area (Å²) in [6.45, 7) is -0.464. The van der Waals surface area contributed by atoms with Gasteiger partial charge in [-0.1, -0.05) is 0 Å². The van der Waals surface area contributed by atoms with Gasteiger partial charge >= 0.3 is 0 Å². The zero-order valence-corrected chi connectivity index (χ0v) is 6.57. The molecule has 1 aromatic rings. The monoisotopic (exact) mass is 183 g/mol. The molecule has 13 heavy (non-hydrogen) atoms. The molecule has 0 aromatic heterocycles. The van der Waals surface area contributed by atoms with Gasteiger partial charge in [0.15, 0.2) is 6.29 Å². The van der Waals surface area contributed by atoms with Crippen molar-refractivity contribution >= 4 is 6.29 Å². The molecule has 4 nitrogen and oxygen atoms in total. The first kappa shape index (κ1) is 9.31. The quantitative estimate of drug-likeness (QED) is 0.404. The molecule has 0 unspecified atom stereocenters. The number of nitrogens with zero attached hydrogens (tertiary/aromatic N) is 1. The molecule has 0 saturated heterocycles. The Balaban J connectivity index is 3.05. The Morgan fingerprint density at radius 2 is 2.23 bits per heavy atom. The zero-order chi connectivity index (χ0) is 9.84. The molecule has 0 spiro atoms. The van der Waals surface area contributed by atoms with E-state index in [0.717, 1.165) is 12.1 Å². The van der Waals surface area contributed by atoms with Crippen LogP contribution >= 0.6 is 0 Å². The first-order chi connectivity index (χ1) is 6.13. The van der Waals surface area contributed by atoms with Crippen molar-refractivity contribution in [2.45, 2.75) is 6.54 Å². The number of nitro groups is 1. The van der Waals surface area contributed by atoms with Crippen LogP contribution in [0.5, 0.6) is 0 Å². The van der Waals surface area contributed by atoms with Crippen LogP contribution in [0.1, 0.15) is 15.9 Å². The minimum atomic E-state index is -0.575. The zero-order valence-electron chi connectivity index (χ0n) is 6.57. The number of carbonyl (C=O) groups excluding carboxylic acids is 1. The van der Waals surface area contributed by atoms with E-state index in [2.05, 4.69) is 0 Å². The van der Waals surface area contributed by atoms with Crippen LogP contribution in [0, 0.1) is 15.9 Å². The summed E-state index contributed by atoms with van der Waals surface area (Å²) in [7, 11) is 0. The van der Waals surface area contributed by atoms with E-state index >= 15 is 0 Å². The maximum atomic E-state index is 12.5. The van der Waals surface area contributed by atoms with Gasteiger partial charge in [-0.05, 0) is 18.2 Å². The van der Waals surface area contributed by atoms with E-state index in [4.69, 9.17) is 0 Å². The van der Waals surface area contributed by atoms with E-state index < -0.39 is 17.3 Å². The van der Waals surface area contributed by atoms with Gasteiger partial charge in [-0.25, -0.2) is 4.39 Å². The third-order valence-corrected chi connectivity index (χ3v) is 1.53. The number of rotatable bonds is 3. The Morgan fingerprint density at radius 3 is 2.77 bits per heavy atom. The molecule has 0 amide bonds. The molecule has 0 aliphatic heterocycles. The fraction of sp³-hybridized carbons (Fsp3) is 0.125. The molecule has 0 atom stereocenters. The molecule has 1 aromatic carbocycles. The van der Waals surface area contributed by atoms with Crippen LogP contribution in [0.2, 0.25) is 0 Å². The highest BCUT2D eigenvalue weighted by Gasteiger charge is 2.08. The first-order valence-corrected chi connectivity index (χ1v) is 3.49. The highest BCUT2D eigenvalue weighted by atomic mass is 19.1. The summed E-state index contributed by atoms with van der Waals surface area (Å²) >= 11 is 0. The standard InChI is InChI=1S/C8H6FNO3/c9-8-2-1-6(4-10(12)13)7(3-8)5-11/h1-3,5H,4H2. The molecular formula is C8H6FNO3. The van der Waals surface area contributed by atoms with Crippen molar-refractivity contribution in [2.75, 3.05) is 0 Å². The normalized spacial score (nSPS) is 9.62. The summed E-state index contributed by atoms with van der Waals surface area (Å²) in [4.78, 5) is 19.9. The van der Waals surface area contributed by atoms with Crippen molar-refractivity contribution in [2.24, 2.45) is 0 Å². The maximum Gasteiger partial charge on any atom is 0.229 e. The van der Waals surface area contributed by atoms with Crippen LogP contribution < -0.4 is 0 Å². The second-order valence-corrected chi connectivity index (χ2v) is 2.45. The summed E-state index contributed by atoms with van der Waals surface area (Å²) in [6.07, 6.45) is 0.405. The number of aldehydes is 1. The molecule has 0 heterocycles. The van der Waals surface area contributed by atoms with E-state index in [0.29, 0.717) is 6.29 Å². The van der Waals surface area contributed by atoms with Gasteiger partial charge in [-0.2, -0.15) is 0 Å². The van der Waals surface area contributed by atoms with E-state index in [-0.39, 0.29) is 11.1 Å². The lowest BCUT2D eigenvalue weighted by molar-refractivity contribution is -0.496. The van der Waals surface area contributed by atoms with Gasteiger partial charge in [-0.3, -0.25) is 14.9 Å². The average Bonchev–Trinajstić information content (AvgIpc) is 2.07. The van der Waals surface area contributed by atoms with Crippen molar-refractivity contribution in [1.82, 2.24) is 0 Å². The fourth-order valence-electron chi connectivity index (χ4n) is 0.959. The number of hydrogen-bond acceptors (Lipinski definition) is 3. The summed E-state index contributed by atoms with van der Waals surface area (Å²) in [5.41, 5.74) is 0.248. The molecule has 1 rings (SSSR count). The van der Waals surface area contributed by atoms with Gasteiger partial charge in [0.25, 0.3) is 0 Å². The highest BCUT2D eigenvalue weighted by Crippen LogP contribution is 2.09. The van der Waals surface area contributed by atoms with Crippen molar-refractivity contribution < 1.29 is 14.1 Å². The molecule has 0 aliphatic carbocycles. The van der Waals surface area contributed by atoms with Gasteiger partial charge in [0.05, 0.1) is 0 Å². The minimum absolute atomic E-state index is 0.0247. The first-order valence-electron chi connectivity index (χ1n) is 3.49. The Labute approximate surface area is 73.1 Å². The maximum absolute atomic E-state index is 12.5. The molecule has 0 radical (unpaired) electrons. The Kier molecular flexibility index (Phi) is 2.69. The van der Waals surface area contributed by atoms with Crippen molar-refractivity contribution in [3.63, 3.8) is 0 Å². The van der Waals surface area contributed by atoms with Crippen LogP contribution in [-0.2, 0) is 6.54 Å². The van der Waals surface area contributed by atoms with E-state index in [1.165, 1.54) is 6.07 Å². The Hall–Kier alpha value is -1.78. The molecule has 0 bridgehead atoms. The van der Waals surface area contributed by atoms with Crippen LogP contribution in [0.15, 0.2) is 18.2 Å².